The molecule has 19 heavy (non-hydrogen) atoms. The van der Waals surface area contributed by atoms with E-state index in [0.29, 0.717) is 12.6 Å². The first-order chi connectivity index (χ1) is 9.08. The molecule has 1 aliphatic rings. The molecule has 2 N–H and O–H groups in total. The van der Waals surface area contributed by atoms with Crippen LogP contribution in [0.1, 0.15) is 19.3 Å². The summed E-state index contributed by atoms with van der Waals surface area (Å²) in [5.41, 5.74) is 0. The Labute approximate surface area is 113 Å². The van der Waals surface area contributed by atoms with Crippen LogP contribution in [0.4, 0.5) is 5.95 Å². The Morgan fingerprint density at radius 1 is 1.37 bits per heavy atom. The van der Waals surface area contributed by atoms with Crippen molar-refractivity contribution in [3.63, 3.8) is 0 Å². The molecule has 1 fully saturated rings. The fourth-order valence-electron chi connectivity index (χ4n) is 1.56. The Hall–Kier alpha value is -1.25. The second kappa shape index (κ2) is 6.27. The van der Waals surface area contributed by atoms with Crippen molar-refractivity contribution in [2.75, 3.05) is 24.9 Å². The second-order valence-corrected chi connectivity index (χ2v) is 6.36. The second-order valence-electron chi connectivity index (χ2n) is 4.58. The number of hydrogen-bond acceptors (Lipinski definition) is 5. The van der Waals surface area contributed by atoms with Crippen LogP contribution in [0.3, 0.4) is 0 Å². The molecule has 1 aromatic rings. The largest absolute Gasteiger partial charge is 0.314 e. The molecule has 8 heteroatoms. The van der Waals surface area contributed by atoms with Crippen molar-refractivity contribution in [1.29, 1.82) is 0 Å². The smallest absolute Gasteiger partial charge is 0.303 e. The van der Waals surface area contributed by atoms with Gasteiger partial charge in [-0.1, -0.05) is 0 Å². The molecule has 2 rings (SSSR count). The number of hydrogen-bond donors (Lipinski definition) is 2. The van der Waals surface area contributed by atoms with Gasteiger partial charge in [0, 0.05) is 32.0 Å². The molecule has 0 amide bonds. The van der Waals surface area contributed by atoms with E-state index in [0.717, 1.165) is 13.0 Å². The van der Waals surface area contributed by atoms with Crippen molar-refractivity contribution in [3.8, 4) is 0 Å². The first-order valence-corrected chi connectivity index (χ1v) is 7.76. The maximum atomic E-state index is 12.0. The van der Waals surface area contributed by atoms with Gasteiger partial charge < -0.3 is 5.32 Å². The SMILES string of the molecule is CN(CCCNC1CC1)S(=O)(=O)Nc1ncccn1. The van der Waals surface area contributed by atoms with E-state index < -0.39 is 10.2 Å². The number of anilines is 1. The minimum atomic E-state index is -3.57. The lowest BCUT2D eigenvalue weighted by Crippen LogP contribution is -2.35. The monoisotopic (exact) mass is 285 g/mol. The highest BCUT2D eigenvalue weighted by atomic mass is 32.2. The zero-order chi connectivity index (χ0) is 13.7. The van der Waals surface area contributed by atoms with E-state index >= 15 is 0 Å². The van der Waals surface area contributed by atoms with Crippen LogP contribution in [-0.4, -0.2) is 48.9 Å². The first-order valence-electron chi connectivity index (χ1n) is 6.32. The normalized spacial score (nSPS) is 15.7. The molecular weight excluding hydrogens is 266 g/mol. The van der Waals surface area contributed by atoms with E-state index in [9.17, 15) is 8.42 Å². The van der Waals surface area contributed by atoms with Gasteiger partial charge in [-0.15, -0.1) is 0 Å². The molecule has 1 heterocycles. The molecule has 1 saturated carbocycles. The third-order valence-electron chi connectivity index (χ3n) is 2.86. The predicted octanol–water partition coefficient (Wildman–Crippen LogP) is 0.207. The fourth-order valence-corrected chi connectivity index (χ4v) is 2.42. The summed E-state index contributed by atoms with van der Waals surface area (Å²) in [7, 11) is -2.02. The first kappa shape index (κ1) is 14.2. The molecule has 0 unspecified atom stereocenters. The van der Waals surface area contributed by atoms with Crippen molar-refractivity contribution < 1.29 is 8.42 Å². The Morgan fingerprint density at radius 3 is 2.68 bits per heavy atom. The van der Waals surface area contributed by atoms with Crippen molar-refractivity contribution in [3.05, 3.63) is 18.5 Å². The standard InChI is InChI=1S/C11H19N5O2S/c1-16(9-3-8-12-10-4-5-10)19(17,18)15-11-13-6-2-7-14-11/h2,6-7,10,12H,3-5,8-9H2,1H3,(H,13,14,15). The quantitative estimate of drug-likeness (QED) is 0.667. The topological polar surface area (TPSA) is 87.2 Å². The molecule has 0 aromatic carbocycles. The van der Waals surface area contributed by atoms with E-state index in [-0.39, 0.29) is 5.95 Å². The van der Waals surface area contributed by atoms with Crippen LogP contribution >= 0.6 is 0 Å². The summed E-state index contributed by atoms with van der Waals surface area (Å²) in [5.74, 6) is 0.0884. The minimum absolute atomic E-state index is 0.0884. The third kappa shape index (κ3) is 4.73. The molecule has 1 aliphatic carbocycles. The molecule has 0 spiro atoms. The summed E-state index contributed by atoms with van der Waals surface area (Å²) in [4.78, 5) is 7.67. The number of nitrogens with zero attached hydrogens (tertiary/aromatic N) is 3. The summed E-state index contributed by atoms with van der Waals surface area (Å²) in [6.07, 6.45) is 6.24. The van der Waals surface area contributed by atoms with Gasteiger partial charge in [-0.2, -0.15) is 12.7 Å². The predicted molar refractivity (Wildman–Crippen MR) is 72.8 cm³/mol. The zero-order valence-electron chi connectivity index (χ0n) is 10.9. The Balaban J connectivity index is 1.77. The maximum Gasteiger partial charge on any atom is 0.303 e. The molecule has 0 bridgehead atoms. The summed E-state index contributed by atoms with van der Waals surface area (Å²) in [5, 5.41) is 3.35. The average molecular weight is 285 g/mol. The van der Waals surface area contributed by atoms with Gasteiger partial charge in [0.2, 0.25) is 5.95 Å². The molecule has 0 saturated heterocycles. The number of aromatic nitrogens is 2. The van der Waals surface area contributed by atoms with E-state index in [2.05, 4.69) is 20.0 Å². The van der Waals surface area contributed by atoms with Gasteiger partial charge in [0.15, 0.2) is 0 Å². The molecule has 0 aliphatic heterocycles. The van der Waals surface area contributed by atoms with Gasteiger partial charge in [0.1, 0.15) is 0 Å². The Kier molecular flexibility index (Phi) is 4.67. The summed E-state index contributed by atoms with van der Waals surface area (Å²) in [6.45, 7) is 1.30. The highest BCUT2D eigenvalue weighted by Gasteiger charge is 2.21. The van der Waals surface area contributed by atoms with Crippen molar-refractivity contribution in [2.45, 2.75) is 25.3 Å². The van der Waals surface area contributed by atoms with Gasteiger partial charge in [0.25, 0.3) is 0 Å². The van der Waals surface area contributed by atoms with Crippen LogP contribution in [0.5, 0.6) is 0 Å². The fraction of sp³-hybridized carbons (Fsp3) is 0.636. The van der Waals surface area contributed by atoms with Gasteiger partial charge in [0.05, 0.1) is 0 Å². The van der Waals surface area contributed by atoms with Gasteiger partial charge >= 0.3 is 10.2 Å². The van der Waals surface area contributed by atoms with Gasteiger partial charge in [-0.3, -0.25) is 0 Å². The molecule has 1 aromatic heterocycles. The molecule has 7 nitrogen and oxygen atoms in total. The lowest BCUT2D eigenvalue weighted by atomic mass is 10.4. The van der Waals surface area contributed by atoms with Crippen LogP contribution in [0.2, 0.25) is 0 Å². The lowest BCUT2D eigenvalue weighted by Gasteiger charge is -2.17. The van der Waals surface area contributed by atoms with Gasteiger partial charge in [-0.05, 0) is 31.9 Å². The highest BCUT2D eigenvalue weighted by molar-refractivity contribution is 7.90. The van der Waals surface area contributed by atoms with Crippen LogP contribution in [0, 0.1) is 0 Å². The highest BCUT2D eigenvalue weighted by Crippen LogP contribution is 2.18. The van der Waals surface area contributed by atoms with Crippen LogP contribution in [-0.2, 0) is 10.2 Å². The van der Waals surface area contributed by atoms with Crippen LogP contribution in [0.15, 0.2) is 18.5 Å². The van der Waals surface area contributed by atoms with Crippen molar-refractivity contribution in [1.82, 2.24) is 19.6 Å². The van der Waals surface area contributed by atoms with E-state index in [1.165, 1.54) is 29.5 Å². The van der Waals surface area contributed by atoms with Crippen LogP contribution in [0.25, 0.3) is 0 Å². The van der Waals surface area contributed by atoms with E-state index in [1.54, 1.807) is 13.1 Å². The van der Waals surface area contributed by atoms with E-state index in [1.807, 2.05) is 0 Å². The Bertz CT molecular complexity index is 489. The average Bonchev–Trinajstić information content (AvgIpc) is 3.19. The zero-order valence-corrected chi connectivity index (χ0v) is 11.7. The lowest BCUT2D eigenvalue weighted by molar-refractivity contribution is 0.457. The number of rotatable bonds is 8. The summed E-state index contributed by atoms with van der Waals surface area (Å²) >= 11 is 0. The van der Waals surface area contributed by atoms with Crippen molar-refractivity contribution in [2.24, 2.45) is 0 Å². The molecular formula is C11H19N5O2S. The maximum absolute atomic E-state index is 12.0. The third-order valence-corrected chi connectivity index (χ3v) is 4.30. The van der Waals surface area contributed by atoms with Crippen LogP contribution < -0.4 is 10.0 Å². The molecule has 106 valence electrons. The van der Waals surface area contributed by atoms with Gasteiger partial charge in [-0.25, -0.2) is 14.7 Å². The van der Waals surface area contributed by atoms with Crippen molar-refractivity contribution >= 4 is 16.2 Å². The summed E-state index contributed by atoms with van der Waals surface area (Å²) < 4.78 is 27.5. The molecule has 0 radical (unpaired) electrons. The number of nitrogens with one attached hydrogen (secondary N) is 2. The molecule has 0 atom stereocenters. The Morgan fingerprint density at radius 2 is 2.05 bits per heavy atom. The minimum Gasteiger partial charge on any atom is -0.314 e. The van der Waals surface area contributed by atoms with E-state index in [4.69, 9.17) is 0 Å². The summed E-state index contributed by atoms with van der Waals surface area (Å²) in [6, 6.07) is 2.28.